The van der Waals surface area contributed by atoms with Crippen molar-refractivity contribution in [3.63, 3.8) is 0 Å². The lowest BCUT2D eigenvalue weighted by molar-refractivity contribution is 0.427. The summed E-state index contributed by atoms with van der Waals surface area (Å²) in [7, 11) is 0. The fourth-order valence-corrected chi connectivity index (χ4v) is 1.59. The molecule has 0 spiro atoms. The lowest BCUT2D eigenvalue weighted by atomic mass is 10.1. The highest BCUT2D eigenvalue weighted by molar-refractivity contribution is 6.22. The quantitative estimate of drug-likeness (QED) is 0.808. The molecule has 1 nitrogen and oxygen atoms in total. The van der Waals surface area contributed by atoms with E-state index in [1.807, 2.05) is 6.92 Å². The molecule has 0 bridgehead atoms. The summed E-state index contributed by atoms with van der Waals surface area (Å²) in [6, 6.07) is 3.34. The fraction of sp³-hybridized carbons (Fsp3) is 0.455. The third-order valence-electron chi connectivity index (χ3n) is 2.30. The summed E-state index contributed by atoms with van der Waals surface area (Å²) < 4.78 is 26.2. The van der Waals surface area contributed by atoms with Crippen LogP contribution < -0.4 is 5.32 Å². The molecule has 90 valence electrons. The van der Waals surface area contributed by atoms with Crippen LogP contribution in [0.1, 0.15) is 12.5 Å². The highest BCUT2D eigenvalue weighted by atomic mass is 35.5. The van der Waals surface area contributed by atoms with Crippen molar-refractivity contribution in [2.24, 2.45) is 0 Å². The maximum absolute atomic E-state index is 13.3. The van der Waals surface area contributed by atoms with Crippen LogP contribution in [-0.4, -0.2) is 17.3 Å². The highest BCUT2D eigenvalue weighted by Crippen LogP contribution is 2.13. The van der Waals surface area contributed by atoms with Gasteiger partial charge in [-0.3, -0.25) is 0 Å². The first-order valence-electron chi connectivity index (χ1n) is 4.81. The monoisotopic (exact) mass is 267 g/mol. The second kappa shape index (κ2) is 5.80. The number of benzene rings is 1. The Hall–Kier alpha value is -0.380. The van der Waals surface area contributed by atoms with E-state index in [0.717, 1.165) is 18.2 Å². The molecule has 1 N–H and O–H groups in total. The lowest BCUT2D eigenvalue weighted by Gasteiger charge is -2.26. The Morgan fingerprint density at radius 2 is 1.88 bits per heavy atom. The third-order valence-corrected chi connectivity index (χ3v) is 3.48. The van der Waals surface area contributed by atoms with Gasteiger partial charge in [0.1, 0.15) is 11.6 Å². The van der Waals surface area contributed by atoms with Crippen LogP contribution >= 0.6 is 23.2 Å². The number of alkyl halides is 2. The molecule has 5 heteroatoms. The van der Waals surface area contributed by atoms with Gasteiger partial charge in [-0.1, -0.05) is 0 Å². The molecule has 0 aliphatic rings. The maximum atomic E-state index is 13.3. The maximum Gasteiger partial charge on any atom is 0.127 e. The number of hydrogen-bond donors (Lipinski definition) is 1. The smallest absolute Gasteiger partial charge is 0.127 e. The molecule has 1 rings (SSSR count). The minimum atomic E-state index is -0.484. The van der Waals surface area contributed by atoms with Crippen LogP contribution in [0.4, 0.5) is 8.78 Å². The van der Waals surface area contributed by atoms with Gasteiger partial charge in [0.15, 0.2) is 0 Å². The van der Waals surface area contributed by atoms with Crippen molar-refractivity contribution in [3.8, 4) is 0 Å². The second-order valence-electron chi connectivity index (χ2n) is 3.92. The summed E-state index contributed by atoms with van der Waals surface area (Å²) in [6.07, 6.45) is 0. The van der Waals surface area contributed by atoms with Crippen molar-refractivity contribution in [1.82, 2.24) is 5.32 Å². The minimum Gasteiger partial charge on any atom is -0.305 e. The van der Waals surface area contributed by atoms with E-state index in [0.29, 0.717) is 11.8 Å². The van der Waals surface area contributed by atoms with Gasteiger partial charge in [0, 0.05) is 29.4 Å². The Labute approximate surface area is 104 Å². The van der Waals surface area contributed by atoms with Crippen LogP contribution in [0.15, 0.2) is 18.2 Å². The molecule has 0 saturated heterocycles. The Balaban J connectivity index is 2.70. The van der Waals surface area contributed by atoms with Crippen molar-refractivity contribution in [3.05, 3.63) is 35.4 Å². The summed E-state index contributed by atoms with van der Waals surface area (Å²) in [5.41, 5.74) is -0.219. The lowest BCUT2D eigenvalue weighted by Crippen LogP contribution is -2.45. The van der Waals surface area contributed by atoms with E-state index in [2.05, 4.69) is 5.32 Å². The van der Waals surface area contributed by atoms with Crippen molar-refractivity contribution in [1.29, 1.82) is 0 Å². The van der Waals surface area contributed by atoms with E-state index in [1.54, 1.807) is 0 Å². The first-order chi connectivity index (χ1) is 7.50. The molecule has 0 fully saturated rings. The number of rotatable bonds is 5. The average molecular weight is 268 g/mol. The normalized spacial score (nSPS) is 11.8. The molecule has 0 amide bonds. The zero-order valence-electron chi connectivity index (χ0n) is 8.87. The van der Waals surface area contributed by atoms with Crippen LogP contribution in [0.5, 0.6) is 0 Å². The first-order valence-corrected chi connectivity index (χ1v) is 5.88. The molecular weight excluding hydrogens is 255 g/mol. The van der Waals surface area contributed by atoms with Gasteiger partial charge in [0.05, 0.1) is 0 Å². The van der Waals surface area contributed by atoms with Gasteiger partial charge in [-0.25, -0.2) is 8.78 Å². The molecule has 0 aliphatic carbocycles. The van der Waals surface area contributed by atoms with Crippen molar-refractivity contribution >= 4 is 23.2 Å². The van der Waals surface area contributed by atoms with E-state index in [1.165, 1.54) is 0 Å². The second-order valence-corrected chi connectivity index (χ2v) is 4.45. The molecule has 0 unspecified atom stereocenters. The third kappa shape index (κ3) is 3.58. The van der Waals surface area contributed by atoms with E-state index in [4.69, 9.17) is 23.2 Å². The van der Waals surface area contributed by atoms with Gasteiger partial charge in [0.25, 0.3) is 0 Å². The van der Waals surface area contributed by atoms with Gasteiger partial charge in [-0.15, -0.1) is 23.2 Å². The van der Waals surface area contributed by atoms with Crippen LogP contribution in [-0.2, 0) is 6.54 Å². The van der Waals surface area contributed by atoms with Gasteiger partial charge >= 0.3 is 0 Å². The average Bonchev–Trinajstić information content (AvgIpc) is 2.30. The van der Waals surface area contributed by atoms with E-state index in [-0.39, 0.29) is 12.1 Å². The number of nitrogens with one attached hydrogen (secondary N) is 1. The molecule has 1 aromatic rings. The minimum absolute atomic E-state index is 0.194. The summed E-state index contributed by atoms with van der Waals surface area (Å²) in [5.74, 6) is -0.307. The Bertz CT molecular complexity index is 354. The zero-order valence-corrected chi connectivity index (χ0v) is 10.4. The van der Waals surface area contributed by atoms with Gasteiger partial charge < -0.3 is 5.32 Å². The van der Waals surface area contributed by atoms with E-state index < -0.39 is 17.2 Å². The number of halogens is 4. The topological polar surface area (TPSA) is 12.0 Å². The first kappa shape index (κ1) is 13.7. The van der Waals surface area contributed by atoms with Crippen LogP contribution in [0.3, 0.4) is 0 Å². The van der Waals surface area contributed by atoms with Crippen LogP contribution in [0, 0.1) is 11.6 Å². The molecule has 0 aromatic heterocycles. The molecule has 0 heterocycles. The largest absolute Gasteiger partial charge is 0.305 e. The molecule has 0 atom stereocenters. The van der Waals surface area contributed by atoms with E-state index >= 15 is 0 Å². The van der Waals surface area contributed by atoms with Crippen LogP contribution in [0.2, 0.25) is 0 Å². The van der Waals surface area contributed by atoms with Crippen molar-refractivity contribution < 1.29 is 8.78 Å². The Kier molecular flexibility index (Phi) is 4.96. The molecule has 0 saturated carbocycles. The van der Waals surface area contributed by atoms with Gasteiger partial charge in [-0.2, -0.15) is 0 Å². The van der Waals surface area contributed by atoms with Gasteiger partial charge in [-0.05, 0) is 25.1 Å². The SMILES string of the molecule is CC(CCl)(CCl)NCc1cc(F)ccc1F. The fourth-order valence-electron chi connectivity index (χ4n) is 1.12. The molecular formula is C11H13Cl2F2N. The molecule has 0 aliphatic heterocycles. The number of hydrogen-bond acceptors (Lipinski definition) is 1. The molecule has 1 aromatic carbocycles. The van der Waals surface area contributed by atoms with Crippen molar-refractivity contribution in [2.45, 2.75) is 19.0 Å². The summed E-state index contributed by atoms with van der Waals surface area (Å²) in [5, 5.41) is 3.01. The molecule has 16 heavy (non-hydrogen) atoms. The van der Waals surface area contributed by atoms with Crippen molar-refractivity contribution in [2.75, 3.05) is 11.8 Å². The summed E-state index contributed by atoms with van der Waals surface area (Å²) in [6.45, 7) is 2.02. The standard InChI is InChI=1S/C11H13Cl2F2N/c1-11(6-12,7-13)16-5-8-4-9(14)2-3-10(8)15/h2-4,16H,5-7H2,1H3. The van der Waals surface area contributed by atoms with Crippen LogP contribution in [0.25, 0.3) is 0 Å². The predicted molar refractivity (Wildman–Crippen MR) is 63.0 cm³/mol. The summed E-state index contributed by atoms with van der Waals surface area (Å²) >= 11 is 11.5. The predicted octanol–water partition coefficient (Wildman–Crippen LogP) is 3.29. The van der Waals surface area contributed by atoms with Gasteiger partial charge in [0.2, 0.25) is 0 Å². The highest BCUT2D eigenvalue weighted by Gasteiger charge is 2.21. The Morgan fingerprint density at radius 3 is 2.44 bits per heavy atom. The molecule has 0 radical (unpaired) electrons. The zero-order chi connectivity index (χ0) is 12.2. The Morgan fingerprint density at radius 1 is 1.25 bits per heavy atom. The summed E-state index contributed by atoms with van der Waals surface area (Å²) in [4.78, 5) is 0. The van der Waals surface area contributed by atoms with E-state index in [9.17, 15) is 8.78 Å².